The summed E-state index contributed by atoms with van der Waals surface area (Å²) in [6, 6.07) is 3.77. The van der Waals surface area contributed by atoms with E-state index < -0.39 is 0 Å². The third kappa shape index (κ3) is 4.55. The van der Waals surface area contributed by atoms with Gasteiger partial charge in [-0.3, -0.25) is 4.79 Å². The molecular weight excluding hydrogens is 252 g/mol. The number of halogens is 1. The van der Waals surface area contributed by atoms with E-state index in [9.17, 15) is 4.79 Å². The van der Waals surface area contributed by atoms with E-state index >= 15 is 0 Å². The third-order valence-corrected chi connectivity index (χ3v) is 3.07. The largest absolute Gasteiger partial charge is 0.492 e. The average Bonchev–Trinajstić information content (AvgIpc) is 2.32. The lowest BCUT2D eigenvalue weighted by molar-refractivity contribution is -0.120. The minimum atomic E-state index is -0.0513. The van der Waals surface area contributed by atoms with Crippen LogP contribution in [-0.4, -0.2) is 25.6 Å². The van der Waals surface area contributed by atoms with Crippen LogP contribution in [-0.2, 0) is 4.79 Å². The van der Waals surface area contributed by atoms with Crippen LogP contribution in [0.4, 0.5) is 0 Å². The lowest BCUT2D eigenvalue weighted by atomic mass is 10.1. The highest BCUT2D eigenvalue weighted by Gasteiger charge is 2.04. The summed E-state index contributed by atoms with van der Waals surface area (Å²) < 4.78 is 5.55. The standard InChI is InChI=1S/C13H19ClN2O2/c1-9-7-11(8-10(2)13(9)14)18-6-5-16-12(17)3-4-15/h7-8H,3-6,15H2,1-2H3,(H,16,17). The number of benzene rings is 1. The number of rotatable bonds is 6. The minimum absolute atomic E-state index is 0.0513. The predicted molar refractivity (Wildman–Crippen MR) is 73.1 cm³/mol. The molecule has 0 spiro atoms. The van der Waals surface area contributed by atoms with Crippen LogP contribution in [0.15, 0.2) is 12.1 Å². The van der Waals surface area contributed by atoms with Gasteiger partial charge in [0.2, 0.25) is 5.91 Å². The van der Waals surface area contributed by atoms with Crippen LogP contribution < -0.4 is 15.8 Å². The fourth-order valence-electron chi connectivity index (χ4n) is 1.57. The van der Waals surface area contributed by atoms with Crippen molar-refractivity contribution in [2.45, 2.75) is 20.3 Å². The van der Waals surface area contributed by atoms with Crippen LogP contribution >= 0.6 is 11.6 Å². The number of nitrogens with one attached hydrogen (secondary N) is 1. The van der Waals surface area contributed by atoms with Crippen molar-refractivity contribution in [3.8, 4) is 5.75 Å². The topological polar surface area (TPSA) is 64.3 Å². The molecule has 0 aliphatic heterocycles. The molecule has 3 N–H and O–H groups in total. The van der Waals surface area contributed by atoms with Crippen molar-refractivity contribution in [3.05, 3.63) is 28.3 Å². The van der Waals surface area contributed by atoms with Crippen molar-refractivity contribution in [1.29, 1.82) is 0 Å². The molecule has 5 heteroatoms. The Balaban J connectivity index is 2.38. The molecule has 0 radical (unpaired) electrons. The summed E-state index contributed by atoms with van der Waals surface area (Å²) in [7, 11) is 0. The van der Waals surface area contributed by atoms with Crippen LogP contribution in [0.2, 0.25) is 5.02 Å². The van der Waals surface area contributed by atoms with Crippen molar-refractivity contribution < 1.29 is 9.53 Å². The number of amides is 1. The highest BCUT2D eigenvalue weighted by atomic mass is 35.5. The Labute approximate surface area is 112 Å². The Morgan fingerprint density at radius 3 is 2.56 bits per heavy atom. The van der Waals surface area contributed by atoms with Gasteiger partial charge in [-0.25, -0.2) is 0 Å². The summed E-state index contributed by atoms with van der Waals surface area (Å²) in [6.07, 6.45) is 0.346. The lowest BCUT2D eigenvalue weighted by Crippen LogP contribution is -2.29. The second kappa shape index (κ2) is 7.24. The second-order valence-electron chi connectivity index (χ2n) is 4.11. The van der Waals surface area contributed by atoms with E-state index in [2.05, 4.69) is 5.32 Å². The highest BCUT2D eigenvalue weighted by molar-refractivity contribution is 6.32. The number of aryl methyl sites for hydroxylation is 2. The number of hydrogen-bond donors (Lipinski definition) is 2. The van der Waals surface area contributed by atoms with Crippen LogP contribution in [0.5, 0.6) is 5.75 Å². The van der Waals surface area contributed by atoms with Gasteiger partial charge in [-0.2, -0.15) is 0 Å². The fraction of sp³-hybridized carbons (Fsp3) is 0.462. The molecule has 0 heterocycles. The summed E-state index contributed by atoms with van der Waals surface area (Å²) in [4.78, 5) is 11.1. The van der Waals surface area contributed by atoms with Gasteiger partial charge in [-0.05, 0) is 37.1 Å². The smallest absolute Gasteiger partial charge is 0.221 e. The molecule has 0 aromatic heterocycles. The van der Waals surface area contributed by atoms with Gasteiger partial charge in [-0.1, -0.05) is 11.6 Å². The zero-order valence-corrected chi connectivity index (χ0v) is 11.5. The maximum atomic E-state index is 11.1. The monoisotopic (exact) mass is 270 g/mol. The van der Waals surface area contributed by atoms with E-state index in [-0.39, 0.29) is 5.91 Å². The first-order valence-electron chi connectivity index (χ1n) is 5.91. The predicted octanol–water partition coefficient (Wildman–Crippen LogP) is 1.80. The molecule has 0 atom stereocenters. The van der Waals surface area contributed by atoms with Crippen molar-refractivity contribution >= 4 is 17.5 Å². The summed E-state index contributed by atoms with van der Waals surface area (Å²) in [5.41, 5.74) is 7.24. The van der Waals surface area contributed by atoms with E-state index in [4.69, 9.17) is 22.1 Å². The van der Waals surface area contributed by atoms with Gasteiger partial charge in [0, 0.05) is 18.0 Å². The van der Waals surface area contributed by atoms with Crippen LogP contribution in [0.1, 0.15) is 17.5 Å². The van der Waals surface area contributed by atoms with Crippen LogP contribution in [0.3, 0.4) is 0 Å². The second-order valence-corrected chi connectivity index (χ2v) is 4.49. The van der Waals surface area contributed by atoms with E-state index in [1.54, 1.807) is 0 Å². The van der Waals surface area contributed by atoms with Gasteiger partial charge >= 0.3 is 0 Å². The Bertz CT molecular complexity index is 398. The Kier molecular flexibility index (Phi) is 5.95. The molecule has 0 saturated heterocycles. The Morgan fingerprint density at radius 2 is 2.00 bits per heavy atom. The molecule has 0 bridgehead atoms. The van der Waals surface area contributed by atoms with Crippen LogP contribution in [0, 0.1) is 13.8 Å². The Hall–Kier alpha value is -1.26. The van der Waals surface area contributed by atoms with E-state index in [1.807, 2.05) is 26.0 Å². The SMILES string of the molecule is Cc1cc(OCCNC(=O)CCN)cc(C)c1Cl. The van der Waals surface area contributed by atoms with E-state index in [1.165, 1.54) is 0 Å². The summed E-state index contributed by atoms with van der Waals surface area (Å²) >= 11 is 6.06. The maximum absolute atomic E-state index is 11.1. The molecule has 1 rings (SSSR count). The zero-order valence-electron chi connectivity index (χ0n) is 10.8. The van der Waals surface area contributed by atoms with Crippen molar-refractivity contribution in [3.63, 3.8) is 0 Å². The molecule has 1 aromatic carbocycles. The van der Waals surface area contributed by atoms with Gasteiger partial charge < -0.3 is 15.8 Å². The van der Waals surface area contributed by atoms with Gasteiger partial charge in [0.25, 0.3) is 0 Å². The molecule has 18 heavy (non-hydrogen) atoms. The molecule has 0 aliphatic rings. The normalized spacial score (nSPS) is 10.2. The van der Waals surface area contributed by atoms with E-state index in [0.717, 1.165) is 21.9 Å². The number of carbonyl (C=O) groups is 1. The van der Waals surface area contributed by atoms with Gasteiger partial charge in [0.15, 0.2) is 0 Å². The van der Waals surface area contributed by atoms with Gasteiger partial charge in [-0.15, -0.1) is 0 Å². The molecule has 0 unspecified atom stereocenters. The van der Waals surface area contributed by atoms with Crippen molar-refractivity contribution in [2.75, 3.05) is 19.7 Å². The molecule has 0 aliphatic carbocycles. The first-order chi connectivity index (χ1) is 8.54. The number of nitrogens with two attached hydrogens (primary N) is 1. The Morgan fingerprint density at radius 1 is 1.39 bits per heavy atom. The van der Waals surface area contributed by atoms with Crippen molar-refractivity contribution in [1.82, 2.24) is 5.32 Å². The molecule has 4 nitrogen and oxygen atoms in total. The van der Waals surface area contributed by atoms with Gasteiger partial charge in [0.1, 0.15) is 12.4 Å². The number of ether oxygens (including phenoxy) is 1. The molecule has 1 aromatic rings. The highest BCUT2D eigenvalue weighted by Crippen LogP contribution is 2.25. The van der Waals surface area contributed by atoms with Crippen LogP contribution in [0.25, 0.3) is 0 Å². The minimum Gasteiger partial charge on any atom is -0.492 e. The molecule has 100 valence electrons. The number of hydrogen-bond acceptors (Lipinski definition) is 3. The first kappa shape index (κ1) is 14.8. The molecular formula is C13H19ClN2O2. The first-order valence-corrected chi connectivity index (χ1v) is 6.28. The number of carbonyl (C=O) groups excluding carboxylic acids is 1. The zero-order chi connectivity index (χ0) is 13.5. The molecule has 1 amide bonds. The summed E-state index contributed by atoms with van der Waals surface area (Å²) in [5, 5.41) is 3.49. The summed E-state index contributed by atoms with van der Waals surface area (Å²) in [5.74, 6) is 0.715. The van der Waals surface area contributed by atoms with Crippen molar-refractivity contribution in [2.24, 2.45) is 5.73 Å². The fourth-order valence-corrected chi connectivity index (χ4v) is 1.68. The molecule has 0 fully saturated rings. The average molecular weight is 271 g/mol. The quantitative estimate of drug-likeness (QED) is 0.775. The molecule has 0 saturated carbocycles. The third-order valence-electron chi connectivity index (χ3n) is 2.47. The summed E-state index contributed by atoms with van der Waals surface area (Å²) in [6.45, 7) is 5.13. The lowest BCUT2D eigenvalue weighted by Gasteiger charge is -2.10. The maximum Gasteiger partial charge on any atom is 0.221 e. The van der Waals surface area contributed by atoms with Gasteiger partial charge in [0.05, 0.1) is 6.54 Å². The van der Waals surface area contributed by atoms with E-state index in [0.29, 0.717) is 26.1 Å².